The van der Waals surface area contributed by atoms with Crippen LogP contribution in [-0.2, 0) is 16.6 Å². The normalized spacial score (nSPS) is 15.9. The summed E-state index contributed by atoms with van der Waals surface area (Å²) in [7, 11) is -3.47. The molecular weight excluding hydrogens is 451 g/mol. The molecule has 1 aliphatic heterocycles. The zero-order valence-corrected chi connectivity index (χ0v) is 20.3. The summed E-state index contributed by atoms with van der Waals surface area (Å²) in [6, 6.07) is 12.3. The van der Waals surface area contributed by atoms with Crippen molar-refractivity contribution in [2.24, 2.45) is 0 Å². The zero-order valence-electron chi connectivity index (χ0n) is 19.5. The molecule has 0 spiro atoms. The Balaban J connectivity index is 1.34. The molecule has 0 atom stereocenters. The average Bonchev–Trinajstić information content (AvgIpc) is 3.47. The van der Waals surface area contributed by atoms with Crippen molar-refractivity contribution in [2.75, 3.05) is 13.1 Å². The van der Waals surface area contributed by atoms with Crippen LogP contribution in [0.4, 0.5) is 4.39 Å². The maximum absolute atomic E-state index is 13.3. The Morgan fingerprint density at radius 3 is 2.53 bits per heavy atom. The Morgan fingerprint density at radius 1 is 1.09 bits per heavy atom. The fourth-order valence-electron chi connectivity index (χ4n) is 4.95. The molecule has 0 N–H and O–H groups in total. The minimum Gasteiger partial charge on any atom is -0.353 e. The van der Waals surface area contributed by atoms with E-state index in [0.29, 0.717) is 23.9 Å². The van der Waals surface area contributed by atoms with Crippen LogP contribution in [0, 0.1) is 12.7 Å². The first-order valence-corrected chi connectivity index (χ1v) is 13.2. The van der Waals surface area contributed by atoms with Gasteiger partial charge in [0.25, 0.3) is 0 Å². The molecule has 1 fully saturated rings. The molecule has 0 radical (unpaired) electrons. The van der Waals surface area contributed by atoms with Gasteiger partial charge in [-0.15, -0.1) is 0 Å². The third-order valence-corrected chi connectivity index (χ3v) is 8.65. The van der Waals surface area contributed by atoms with E-state index in [4.69, 9.17) is 0 Å². The molecule has 3 heterocycles. The molecule has 4 aromatic rings. The van der Waals surface area contributed by atoms with E-state index in [1.165, 1.54) is 17.7 Å². The molecule has 2 aromatic heterocycles. The summed E-state index contributed by atoms with van der Waals surface area (Å²) in [4.78, 5) is 0.380. The number of benzene rings is 2. The van der Waals surface area contributed by atoms with Gasteiger partial charge in [-0.05, 0) is 85.7 Å². The second-order valence-corrected chi connectivity index (χ2v) is 11.0. The molecule has 0 aliphatic carbocycles. The van der Waals surface area contributed by atoms with Crippen LogP contribution in [0.25, 0.3) is 16.6 Å². The summed E-state index contributed by atoms with van der Waals surface area (Å²) >= 11 is 0. The first-order valence-electron chi connectivity index (χ1n) is 11.8. The Morgan fingerprint density at radius 2 is 1.82 bits per heavy atom. The summed E-state index contributed by atoms with van der Waals surface area (Å²) in [5.74, 6) is 0.0280. The lowest BCUT2D eigenvalue weighted by Crippen LogP contribution is -2.37. The Bertz CT molecular complexity index is 1420. The van der Waals surface area contributed by atoms with Crippen molar-refractivity contribution < 1.29 is 12.8 Å². The van der Waals surface area contributed by atoms with Gasteiger partial charge in [-0.25, -0.2) is 17.5 Å². The lowest BCUT2D eigenvalue weighted by atomic mass is 9.87. The SMILES string of the molecule is CCCn1ccc(S(=O)(=O)N2CCC(c3cc4cnn(-c5ccc(F)cc5)c4cc3C)CC2)c1. The van der Waals surface area contributed by atoms with E-state index in [1.54, 1.807) is 28.7 Å². The van der Waals surface area contributed by atoms with Gasteiger partial charge in [0.15, 0.2) is 0 Å². The highest BCUT2D eigenvalue weighted by Gasteiger charge is 2.31. The van der Waals surface area contributed by atoms with Crippen LogP contribution in [0.2, 0.25) is 0 Å². The van der Waals surface area contributed by atoms with Crippen molar-refractivity contribution in [3.63, 3.8) is 0 Å². The minimum absolute atomic E-state index is 0.273. The van der Waals surface area contributed by atoms with Crippen LogP contribution in [0.3, 0.4) is 0 Å². The van der Waals surface area contributed by atoms with Gasteiger partial charge in [0.1, 0.15) is 5.82 Å². The molecule has 178 valence electrons. The predicted octanol–water partition coefficient (Wildman–Crippen LogP) is 5.25. The monoisotopic (exact) mass is 480 g/mol. The molecule has 8 heteroatoms. The summed E-state index contributed by atoms with van der Waals surface area (Å²) in [5, 5.41) is 5.55. The summed E-state index contributed by atoms with van der Waals surface area (Å²) in [6.07, 6.45) is 7.95. The molecule has 0 unspecified atom stereocenters. The maximum atomic E-state index is 13.3. The molecule has 6 nitrogen and oxygen atoms in total. The maximum Gasteiger partial charge on any atom is 0.244 e. The average molecular weight is 481 g/mol. The van der Waals surface area contributed by atoms with Crippen molar-refractivity contribution in [3.8, 4) is 5.69 Å². The molecule has 2 aromatic carbocycles. The first-order chi connectivity index (χ1) is 16.4. The van der Waals surface area contributed by atoms with Gasteiger partial charge >= 0.3 is 0 Å². The second-order valence-electron chi connectivity index (χ2n) is 9.06. The van der Waals surface area contributed by atoms with E-state index < -0.39 is 10.0 Å². The third-order valence-electron chi connectivity index (χ3n) is 6.76. The highest BCUT2D eigenvalue weighted by molar-refractivity contribution is 7.89. The van der Waals surface area contributed by atoms with Gasteiger partial charge in [-0.3, -0.25) is 0 Å². The Labute approximate surface area is 199 Å². The molecule has 0 amide bonds. The van der Waals surface area contributed by atoms with Crippen LogP contribution in [0.15, 0.2) is 66.0 Å². The van der Waals surface area contributed by atoms with E-state index in [0.717, 1.165) is 48.0 Å². The highest BCUT2D eigenvalue weighted by atomic mass is 32.2. The fraction of sp³-hybridized carbons (Fsp3) is 0.346. The number of nitrogens with zero attached hydrogens (tertiary/aromatic N) is 4. The van der Waals surface area contributed by atoms with E-state index >= 15 is 0 Å². The topological polar surface area (TPSA) is 60.1 Å². The minimum atomic E-state index is -3.47. The standard InChI is InChI=1S/C26H29FN4O2S/c1-3-11-29-12-10-24(18-29)34(32,33)30-13-8-20(9-14-30)25-16-21-17-28-31(26(21)15-19(25)2)23-6-4-22(27)5-7-23/h4-7,10,12,15-18,20H,3,8-9,11,13-14H2,1-2H3. The molecule has 0 saturated carbocycles. The molecular formula is C26H29FN4O2S. The molecule has 1 saturated heterocycles. The first kappa shape index (κ1) is 22.8. The van der Waals surface area contributed by atoms with Gasteiger partial charge in [0, 0.05) is 37.4 Å². The number of sulfonamides is 1. The number of rotatable bonds is 6. The van der Waals surface area contributed by atoms with E-state index in [9.17, 15) is 12.8 Å². The van der Waals surface area contributed by atoms with Crippen LogP contribution >= 0.6 is 0 Å². The smallest absolute Gasteiger partial charge is 0.244 e. The van der Waals surface area contributed by atoms with E-state index in [2.05, 4.69) is 31.1 Å². The second kappa shape index (κ2) is 9.00. The predicted molar refractivity (Wildman–Crippen MR) is 131 cm³/mol. The van der Waals surface area contributed by atoms with Gasteiger partial charge in [-0.2, -0.15) is 9.40 Å². The van der Waals surface area contributed by atoms with Crippen molar-refractivity contribution >= 4 is 20.9 Å². The Hall–Kier alpha value is -2.97. The number of fused-ring (bicyclic) bond motifs is 1. The number of halogens is 1. The number of piperidine rings is 1. The van der Waals surface area contributed by atoms with Crippen molar-refractivity contribution in [1.29, 1.82) is 0 Å². The number of aryl methyl sites for hydroxylation is 2. The largest absolute Gasteiger partial charge is 0.353 e. The van der Waals surface area contributed by atoms with Crippen LogP contribution in [0.1, 0.15) is 43.2 Å². The highest BCUT2D eigenvalue weighted by Crippen LogP contribution is 2.35. The van der Waals surface area contributed by atoms with Crippen LogP contribution < -0.4 is 0 Å². The molecule has 34 heavy (non-hydrogen) atoms. The fourth-order valence-corrected chi connectivity index (χ4v) is 6.44. The van der Waals surface area contributed by atoms with Gasteiger partial charge < -0.3 is 4.57 Å². The quantitative estimate of drug-likeness (QED) is 0.379. The number of aromatic nitrogens is 3. The number of hydrogen-bond donors (Lipinski definition) is 0. The lowest BCUT2D eigenvalue weighted by molar-refractivity contribution is 0.319. The lowest BCUT2D eigenvalue weighted by Gasteiger charge is -2.32. The zero-order chi connectivity index (χ0) is 23.9. The molecule has 5 rings (SSSR count). The molecule has 1 aliphatic rings. The van der Waals surface area contributed by atoms with Gasteiger partial charge in [-0.1, -0.05) is 6.92 Å². The summed E-state index contributed by atoms with van der Waals surface area (Å²) in [6.45, 7) is 6.01. The van der Waals surface area contributed by atoms with E-state index in [1.807, 2.05) is 21.6 Å². The van der Waals surface area contributed by atoms with Crippen molar-refractivity contribution in [1.82, 2.24) is 18.7 Å². The Kier molecular flexibility index (Phi) is 6.04. The summed E-state index contributed by atoms with van der Waals surface area (Å²) < 4.78 is 45.0. The van der Waals surface area contributed by atoms with Crippen LogP contribution in [-0.4, -0.2) is 40.2 Å². The van der Waals surface area contributed by atoms with Gasteiger partial charge in [0.2, 0.25) is 10.0 Å². The summed E-state index contributed by atoms with van der Waals surface area (Å²) in [5.41, 5.74) is 4.20. The third kappa shape index (κ3) is 4.16. The van der Waals surface area contributed by atoms with Crippen molar-refractivity contribution in [2.45, 2.75) is 50.5 Å². The van der Waals surface area contributed by atoms with E-state index in [-0.39, 0.29) is 5.82 Å². The molecule has 0 bridgehead atoms. The number of hydrogen-bond acceptors (Lipinski definition) is 3. The van der Waals surface area contributed by atoms with Crippen molar-refractivity contribution in [3.05, 3.63) is 78.0 Å². The van der Waals surface area contributed by atoms with Crippen LogP contribution in [0.5, 0.6) is 0 Å². The van der Waals surface area contributed by atoms with Gasteiger partial charge in [0.05, 0.1) is 22.3 Å².